The van der Waals surface area contributed by atoms with Gasteiger partial charge in [0.1, 0.15) is 12.1 Å². The van der Waals surface area contributed by atoms with Crippen molar-refractivity contribution in [2.24, 2.45) is 0 Å². The summed E-state index contributed by atoms with van der Waals surface area (Å²) in [7, 11) is 1.80. The van der Waals surface area contributed by atoms with Crippen molar-refractivity contribution >= 4 is 43.6 Å². The lowest BCUT2D eigenvalue weighted by molar-refractivity contribution is 0.0758. The van der Waals surface area contributed by atoms with E-state index < -0.39 is 0 Å². The number of para-hydroxylation sites is 2. The molecule has 1 aliphatic carbocycles. The topological polar surface area (TPSA) is 66.7 Å². The van der Waals surface area contributed by atoms with Gasteiger partial charge in [0.2, 0.25) is 0 Å². The van der Waals surface area contributed by atoms with Gasteiger partial charge in [-0.15, -0.1) is 0 Å². The minimum Gasteiger partial charge on any atom is -0.379 e. The molecule has 2 bridgehead atoms. The third-order valence-electron chi connectivity index (χ3n) is 7.47. The number of hydrogen-bond donors (Lipinski definition) is 0. The van der Waals surface area contributed by atoms with Gasteiger partial charge in [0.25, 0.3) is 0 Å². The summed E-state index contributed by atoms with van der Waals surface area (Å²) in [6, 6.07) is 21.8. The first-order valence-corrected chi connectivity index (χ1v) is 10.6. The molecule has 7 rings (SSSR count). The van der Waals surface area contributed by atoms with E-state index in [2.05, 4.69) is 51.6 Å². The van der Waals surface area contributed by atoms with Crippen LogP contribution in [0.3, 0.4) is 0 Å². The van der Waals surface area contributed by atoms with Gasteiger partial charge in [-0.25, -0.2) is 0 Å². The Labute approximate surface area is 193 Å². The number of aromatic nitrogens is 2. The molecule has 3 heterocycles. The average molecular weight is 435 g/mol. The molecule has 0 amide bonds. The highest BCUT2D eigenvalue weighted by molar-refractivity contribution is 6.26. The van der Waals surface area contributed by atoms with E-state index in [0.29, 0.717) is 17.2 Å². The smallest absolute Gasteiger partial charge is 0.101 e. The molecular formula is C28H26N4O. The van der Waals surface area contributed by atoms with E-state index in [-0.39, 0.29) is 27.0 Å². The summed E-state index contributed by atoms with van der Waals surface area (Å²) >= 11 is 0. The van der Waals surface area contributed by atoms with Crippen LogP contribution in [0.5, 0.6) is 0 Å². The van der Waals surface area contributed by atoms with Crippen LogP contribution in [0.2, 0.25) is 0 Å². The van der Waals surface area contributed by atoms with Crippen molar-refractivity contribution in [1.29, 1.82) is 10.5 Å². The predicted octanol–water partition coefficient (Wildman–Crippen LogP) is 6.82. The average Bonchev–Trinajstić information content (AvgIpc) is 3.44. The fourth-order valence-corrected chi connectivity index (χ4v) is 6.38. The summed E-state index contributed by atoms with van der Waals surface area (Å²) in [5.74, 6) is 0. The second-order valence-corrected chi connectivity index (χ2v) is 8.66. The Balaban J connectivity index is 0.00000114. The Morgan fingerprint density at radius 1 is 0.788 bits per heavy atom. The Morgan fingerprint density at radius 3 is 1.85 bits per heavy atom. The second kappa shape index (κ2) is 7.10. The molecule has 2 aromatic heterocycles. The van der Waals surface area contributed by atoms with Gasteiger partial charge in [-0.2, -0.15) is 10.5 Å². The van der Waals surface area contributed by atoms with Crippen molar-refractivity contribution < 1.29 is 4.74 Å². The van der Waals surface area contributed by atoms with E-state index in [0.717, 1.165) is 56.5 Å². The number of hydrogen-bond acceptors (Lipinski definition) is 3. The Morgan fingerprint density at radius 2 is 1.30 bits per heavy atom. The van der Waals surface area contributed by atoms with Gasteiger partial charge >= 0.3 is 0 Å². The van der Waals surface area contributed by atoms with E-state index in [1.54, 1.807) is 7.11 Å². The Kier molecular flexibility index (Phi) is 4.53. The maximum absolute atomic E-state index is 10.2. The van der Waals surface area contributed by atoms with Crippen LogP contribution in [0.4, 0.5) is 0 Å². The third-order valence-corrected chi connectivity index (χ3v) is 7.47. The van der Waals surface area contributed by atoms with Gasteiger partial charge in [-0.3, -0.25) is 0 Å². The lowest BCUT2D eigenvalue weighted by Gasteiger charge is -2.23. The molecule has 33 heavy (non-hydrogen) atoms. The van der Waals surface area contributed by atoms with Gasteiger partial charge in [0, 0.05) is 45.7 Å². The normalized spacial score (nSPS) is 20.5. The van der Waals surface area contributed by atoms with Gasteiger partial charge < -0.3 is 13.9 Å². The van der Waals surface area contributed by atoms with Crippen LogP contribution in [0.1, 0.15) is 50.9 Å². The van der Waals surface area contributed by atoms with E-state index in [9.17, 15) is 10.5 Å². The Hall–Kier alpha value is -3.80. The largest absolute Gasteiger partial charge is 0.379 e. The highest BCUT2D eigenvalue weighted by atomic mass is 16.5. The Bertz CT molecular complexity index is 1670. The molecule has 164 valence electrons. The van der Waals surface area contributed by atoms with Gasteiger partial charge in [-0.05, 0) is 25.0 Å². The van der Waals surface area contributed by atoms with Crippen molar-refractivity contribution in [1.82, 2.24) is 9.13 Å². The minimum absolute atomic E-state index is 0. The quantitative estimate of drug-likeness (QED) is 0.291. The number of methoxy groups -OCH3 is 1. The fraction of sp³-hybridized carbons (Fsp3) is 0.286. The highest BCUT2D eigenvalue weighted by Gasteiger charge is 2.43. The molecule has 0 saturated heterocycles. The number of fused-ring (bicyclic) bond motifs is 10. The maximum Gasteiger partial charge on any atom is 0.101 e. The van der Waals surface area contributed by atoms with Crippen LogP contribution in [-0.2, 0) is 4.74 Å². The molecule has 1 aliphatic heterocycles. The summed E-state index contributed by atoms with van der Waals surface area (Å²) in [6.45, 7) is 0. The van der Waals surface area contributed by atoms with Crippen LogP contribution in [0.15, 0.2) is 48.5 Å². The van der Waals surface area contributed by atoms with Crippen LogP contribution in [-0.4, -0.2) is 22.3 Å². The summed E-state index contributed by atoms with van der Waals surface area (Å²) in [4.78, 5) is 0. The van der Waals surface area contributed by atoms with Crippen LogP contribution >= 0.6 is 0 Å². The molecule has 2 aliphatic rings. The predicted molar refractivity (Wildman–Crippen MR) is 133 cm³/mol. The fourth-order valence-electron chi connectivity index (χ4n) is 6.38. The second-order valence-electron chi connectivity index (χ2n) is 8.66. The number of ether oxygens (including phenoxy) is 1. The van der Waals surface area contributed by atoms with Gasteiger partial charge in [-0.1, -0.05) is 51.3 Å². The first-order chi connectivity index (χ1) is 15.3. The van der Waals surface area contributed by atoms with E-state index in [1.165, 1.54) is 0 Å². The number of rotatable bonds is 1. The molecule has 0 N–H and O–H groups in total. The summed E-state index contributed by atoms with van der Waals surface area (Å²) < 4.78 is 10.8. The molecule has 1 fully saturated rings. The van der Waals surface area contributed by atoms with Crippen molar-refractivity contribution in [3.05, 3.63) is 59.7 Å². The first kappa shape index (κ1) is 21.1. The number of benzene rings is 3. The zero-order valence-corrected chi connectivity index (χ0v) is 17.0. The lowest BCUT2D eigenvalue weighted by atomic mass is 9.96. The van der Waals surface area contributed by atoms with E-state index in [4.69, 9.17) is 4.74 Å². The summed E-state index contributed by atoms with van der Waals surface area (Å²) in [5.41, 5.74) is 5.36. The van der Waals surface area contributed by atoms with E-state index >= 15 is 0 Å². The minimum atomic E-state index is 0. The standard InChI is InChI=1S/C26H18N4O.2CH4/c1-31-22-11-14-10-21(22)30-20-9-5-3-7-16(20)24-18(13-28)17(12-27)23-15-6-2-4-8-19(15)29(14)25(23)26(24)30;;/h2-9,14,21-22H,10-11H2,1H3;2*1H4. The molecule has 1 saturated carbocycles. The molecule has 0 radical (unpaired) electrons. The van der Waals surface area contributed by atoms with Crippen molar-refractivity contribution in [2.45, 2.75) is 45.9 Å². The maximum atomic E-state index is 10.2. The lowest BCUT2D eigenvalue weighted by Crippen LogP contribution is -2.21. The van der Waals surface area contributed by atoms with E-state index in [1.807, 2.05) is 18.2 Å². The molecule has 0 spiro atoms. The zero-order valence-electron chi connectivity index (χ0n) is 17.0. The van der Waals surface area contributed by atoms with Crippen LogP contribution in [0.25, 0.3) is 43.6 Å². The highest BCUT2D eigenvalue weighted by Crippen LogP contribution is 2.53. The monoisotopic (exact) mass is 434 g/mol. The van der Waals surface area contributed by atoms with Gasteiger partial charge in [0.15, 0.2) is 0 Å². The van der Waals surface area contributed by atoms with Gasteiger partial charge in [0.05, 0.1) is 34.3 Å². The van der Waals surface area contributed by atoms with Crippen LogP contribution in [0, 0.1) is 22.7 Å². The molecule has 5 heteroatoms. The third kappa shape index (κ3) is 2.28. The SMILES string of the molecule is C.C.COC1CC2CC1n1c3ccccc3c3c(C#N)c(C#N)c4c5ccccc5n2c4c31. The van der Waals surface area contributed by atoms with Crippen LogP contribution < -0.4 is 0 Å². The zero-order chi connectivity index (χ0) is 20.9. The summed E-state index contributed by atoms with van der Waals surface area (Å²) in [5, 5.41) is 24.3. The molecule has 5 nitrogen and oxygen atoms in total. The van der Waals surface area contributed by atoms with Crippen molar-refractivity contribution in [3.63, 3.8) is 0 Å². The molecule has 3 aromatic carbocycles. The number of nitrogens with zero attached hydrogens (tertiary/aromatic N) is 4. The molecule has 3 unspecified atom stereocenters. The number of nitriles is 2. The van der Waals surface area contributed by atoms with Crippen molar-refractivity contribution in [3.8, 4) is 12.1 Å². The summed E-state index contributed by atoms with van der Waals surface area (Å²) in [6.07, 6.45) is 2.01. The van der Waals surface area contributed by atoms with Crippen molar-refractivity contribution in [2.75, 3.05) is 7.11 Å². The molecule has 3 atom stereocenters. The first-order valence-electron chi connectivity index (χ1n) is 10.6. The molecular weight excluding hydrogens is 408 g/mol. The molecule has 5 aromatic rings.